The van der Waals surface area contributed by atoms with Crippen molar-refractivity contribution in [1.82, 2.24) is 10.2 Å². The van der Waals surface area contributed by atoms with Crippen molar-refractivity contribution in [3.8, 4) is 0 Å². The highest BCUT2D eigenvalue weighted by Gasteiger charge is 2.18. The lowest BCUT2D eigenvalue weighted by atomic mass is 10.1. The molecule has 4 heteroatoms. The molecule has 0 spiro atoms. The SMILES string of the molecule is CC(CC1CCCO1)NCC(=O)N(C)C. The summed E-state index contributed by atoms with van der Waals surface area (Å²) in [7, 11) is 3.55. The largest absolute Gasteiger partial charge is 0.378 e. The molecule has 1 amide bonds. The van der Waals surface area contributed by atoms with Crippen LogP contribution in [0.15, 0.2) is 0 Å². The normalized spacial score (nSPS) is 22.7. The van der Waals surface area contributed by atoms with Crippen molar-refractivity contribution in [3.63, 3.8) is 0 Å². The second kappa shape index (κ2) is 6.08. The number of rotatable bonds is 5. The van der Waals surface area contributed by atoms with Gasteiger partial charge in [-0.05, 0) is 26.2 Å². The van der Waals surface area contributed by atoms with Crippen molar-refractivity contribution in [2.75, 3.05) is 27.2 Å². The molecular formula is C11H22N2O2. The van der Waals surface area contributed by atoms with Gasteiger partial charge in [0.15, 0.2) is 0 Å². The molecule has 0 saturated carbocycles. The zero-order valence-corrected chi connectivity index (χ0v) is 9.95. The smallest absolute Gasteiger partial charge is 0.236 e. The molecule has 0 aromatic carbocycles. The Hall–Kier alpha value is -0.610. The topological polar surface area (TPSA) is 41.6 Å². The highest BCUT2D eigenvalue weighted by Crippen LogP contribution is 2.16. The van der Waals surface area contributed by atoms with Crippen LogP contribution in [0.25, 0.3) is 0 Å². The fraction of sp³-hybridized carbons (Fsp3) is 0.909. The minimum atomic E-state index is 0.120. The Balaban J connectivity index is 2.12. The summed E-state index contributed by atoms with van der Waals surface area (Å²) in [6, 6.07) is 0.344. The molecule has 88 valence electrons. The van der Waals surface area contributed by atoms with Crippen molar-refractivity contribution in [3.05, 3.63) is 0 Å². The zero-order chi connectivity index (χ0) is 11.3. The Kier molecular flexibility index (Phi) is 5.05. The molecule has 1 aliphatic rings. The van der Waals surface area contributed by atoms with E-state index in [4.69, 9.17) is 4.74 Å². The fourth-order valence-electron chi connectivity index (χ4n) is 1.73. The van der Waals surface area contributed by atoms with Gasteiger partial charge in [-0.15, -0.1) is 0 Å². The van der Waals surface area contributed by atoms with Crippen LogP contribution in [0.2, 0.25) is 0 Å². The number of ether oxygens (including phenoxy) is 1. The maximum Gasteiger partial charge on any atom is 0.236 e. The zero-order valence-electron chi connectivity index (χ0n) is 9.95. The first kappa shape index (κ1) is 12.5. The number of carbonyl (C=O) groups excluding carboxylic acids is 1. The maximum absolute atomic E-state index is 11.3. The van der Waals surface area contributed by atoms with Crippen molar-refractivity contribution in [1.29, 1.82) is 0 Å². The van der Waals surface area contributed by atoms with Gasteiger partial charge < -0.3 is 15.0 Å². The Morgan fingerprint density at radius 3 is 2.87 bits per heavy atom. The van der Waals surface area contributed by atoms with Gasteiger partial charge in [0.05, 0.1) is 12.6 Å². The van der Waals surface area contributed by atoms with E-state index in [-0.39, 0.29) is 5.91 Å². The van der Waals surface area contributed by atoms with Gasteiger partial charge in [0.25, 0.3) is 0 Å². The van der Waals surface area contributed by atoms with Gasteiger partial charge >= 0.3 is 0 Å². The van der Waals surface area contributed by atoms with Crippen molar-refractivity contribution in [2.24, 2.45) is 0 Å². The monoisotopic (exact) mass is 214 g/mol. The number of nitrogens with one attached hydrogen (secondary N) is 1. The Bertz CT molecular complexity index is 201. The molecule has 2 atom stereocenters. The van der Waals surface area contributed by atoms with E-state index in [0.29, 0.717) is 18.7 Å². The van der Waals surface area contributed by atoms with Crippen molar-refractivity contribution >= 4 is 5.91 Å². The Labute approximate surface area is 92.0 Å². The second-order valence-corrected chi connectivity index (χ2v) is 4.44. The molecule has 0 aromatic rings. The van der Waals surface area contributed by atoms with E-state index < -0.39 is 0 Å². The fourth-order valence-corrected chi connectivity index (χ4v) is 1.73. The molecule has 0 aliphatic carbocycles. The Morgan fingerprint density at radius 2 is 2.33 bits per heavy atom. The van der Waals surface area contributed by atoms with Crippen molar-refractivity contribution < 1.29 is 9.53 Å². The molecular weight excluding hydrogens is 192 g/mol. The van der Waals surface area contributed by atoms with Gasteiger partial charge in [0.1, 0.15) is 0 Å². The minimum absolute atomic E-state index is 0.120. The van der Waals surface area contributed by atoms with Gasteiger partial charge in [0.2, 0.25) is 5.91 Å². The average Bonchev–Trinajstić information content (AvgIpc) is 2.66. The molecule has 4 nitrogen and oxygen atoms in total. The second-order valence-electron chi connectivity index (χ2n) is 4.44. The standard InChI is InChI=1S/C11H22N2O2/c1-9(7-10-5-4-6-15-10)12-8-11(14)13(2)3/h9-10,12H,4-8H2,1-3H3. The first-order valence-corrected chi connectivity index (χ1v) is 5.64. The molecule has 1 aliphatic heterocycles. The van der Waals surface area contributed by atoms with E-state index in [9.17, 15) is 4.79 Å². The van der Waals surface area contributed by atoms with E-state index in [2.05, 4.69) is 12.2 Å². The summed E-state index contributed by atoms with van der Waals surface area (Å²) < 4.78 is 5.54. The molecule has 0 aromatic heterocycles. The quantitative estimate of drug-likeness (QED) is 0.729. The predicted octanol–water partition coefficient (Wildman–Crippen LogP) is 0.622. The van der Waals surface area contributed by atoms with Crippen LogP contribution in [-0.2, 0) is 9.53 Å². The lowest BCUT2D eigenvalue weighted by molar-refractivity contribution is -0.127. The van der Waals surface area contributed by atoms with E-state index in [0.717, 1.165) is 19.4 Å². The van der Waals surface area contributed by atoms with Gasteiger partial charge in [-0.1, -0.05) is 0 Å². The molecule has 2 unspecified atom stereocenters. The lowest BCUT2D eigenvalue weighted by Gasteiger charge is -2.18. The van der Waals surface area contributed by atoms with Crippen LogP contribution in [0, 0.1) is 0 Å². The highest BCUT2D eigenvalue weighted by molar-refractivity contribution is 5.77. The highest BCUT2D eigenvalue weighted by atomic mass is 16.5. The maximum atomic E-state index is 11.3. The van der Waals surface area contributed by atoms with E-state index in [1.54, 1.807) is 19.0 Å². The van der Waals surface area contributed by atoms with Crippen LogP contribution < -0.4 is 5.32 Å². The molecule has 1 rings (SSSR count). The molecule has 1 saturated heterocycles. The summed E-state index contributed by atoms with van der Waals surface area (Å²) in [6.07, 6.45) is 3.73. The van der Waals surface area contributed by atoms with E-state index in [1.165, 1.54) is 6.42 Å². The molecule has 0 radical (unpaired) electrons. The van der Waals surface area contributed by atoms with E-state index in [1.807, 2.05) is 0 Å². The first-order valence-electron chi connectivity index (χ1n) is 5.64. The number of hydrogen-bond acceptors (Lipinski definition) is 3. The predicted molar refractivity (Wildman–Crippen MR) is 59.7 cm³/mol. The number of carbonyl (C=O) groups is 1. The Morgan fingerprint density at radius 1 is 1.60 bits per heavy atom. The summed E-state index contributed by atoms with van der Waals surface area (Å²) in [5, 5.41) is 3.22. The molecule has 1 N–H and O–H groups in total. The number of hydrogen-bond donors (Lipinski definition) is 1. The van der Waals surface area contributed by atoms with Crippen LogP contribution in [0.5, 0.6) is 0 Å². The summed E-state index contributed by atoms with van der Waals surface area (Å²) >= 11 is 0. The first-order chi connectivity index (χ1) is 7.09. The van der Waals surface area contributed by atoms with Crippen LogP contribution >= 0.6 is 0 Å². The van der Waals surface area contributed by atoms with Crippen LogP contribution in [0.1, 0.15) is 26.2 Å². The molecule has 15 heavy (non-hydrogen) atoms. The van der Waals surface area contributed by atoms with Gasteiger partial charge in [0, 0.05) is 26.7 Å². The lowest BCUT2D eigenvalue weighted by Crippen LogP contribution is -2.38. The average molecular weight is 214 g/mol. The summed E-state index contributed by atoms with van der Waals surface area (Å²) in [5.74, 6) is 0.120. The third kappa shape index (κ3) is 4.62. The summed E-state index contributed by atoms with van der Waals surface area (Å²) in [6.45, 7) is 3.42. The van der Waals surface area contributed by atoms with Gasteiger partial charge in [-0.3, -0.25) is 4.79 Å². The van der Waals surface area contributed by atoms with E-state index >= 15 is 0 Å². The van der Waals surface area contributed by atoms with Crippen LogP contribution in [-0.4, -0.2) is 50.2 Å². The molecule has 0 bridgehead atoms. The number of likely N-dealkylation sites (N-methyl/N-ethyl adjacent to an activating group) is 1. The summed E-state index contributed by atoms with van der Waals surface area (Å²) in [5.41, 5.74) is 0. The molecule has 1 fully saturated rings. The van der Waals surface area contributed by atoms with Gasteiger partial charge in [-0.2, -0.15) is 0 Å². The molecule has 1 heterocycles. The van der Waals surface area contributed by atoms with Crippen LogP contribution in [0.4, 0.5) is 0 Å². The summed E-state index contributed by atoms with van der Waals surface area (Å²) in [4.78, 5) is 12.9. The number of amides is 1. The minimum Gasteiger partial charge on any atom is -0.378 e. The number of nitrogens with zero attached hydrogens (tertiary/aromatic N) is 1. The van der Waals surface area contributed by atoms with Gasteiger partial charge in [-0.25, -0.2) is 0 Å². The third-order valence-corrected chi connectivity index (χ3v) is 2.74. The van der Waals surface area contributed by atoms with Crippen molar-refractivity contribution in [2.45, 2.75) is 38.3 Å². The third-order valence-electron chi connectivity index (χ3n) is 2.74. The van der Waals surface area contributed by atoms with Crippen LogP contribution in [0.3, 0.4) is 0 Å².